The third-order valence-corrected chi connectivity index (χ3v) is 7.41. The van der Waals surface area contributed by atoms with Crippen LogP contribution in [0.25, 0.3) is 11.1 Å². The highest BCUT2D eigenvalue weighted by molar-refractivity contribution is 7.99. The first-order valence-electron chi connectivity index (χ1n) is 12.7. The molecular formula is C34H29NO3S. The predicted molar refractivity (Wildman–Crippen MR) is 159 cm³/mol. The molecule has 0 aromatic heterocycles. The Hall–Kier alpha value is -4.48. The summed E-state index contributed by atoms with van der Waals surface area (Å²) in [6, 6.07) is 42.0. The van der Waals surface area contributed by atoms with Crippen LogP contribution in [0.4, 0.5) is 5.69 Å². The minimum absolute atomic E-state index is 0.0967. The van der Waals surface area contributed by atoms with Crippen LogP contribution in [-0.2, 0) is 6.54 Å². The first-order chi connectivity index (χ1) is 19.2. The molecule has 194 valence electrons. The molecule has 0 saturated heterocycles. The quantitative estimate of drug-likeness (QED) is 0.192. The van der Waals surface area contributed by atoms with Gasteiger partial charge in [0.25, 0.3) is 5.91 Å². The molecule has 0 radical (unpaired) electrons. The summed E-state index contributed by atoms with van der Waals surface area (Å²) >= 11 is 1.63. The van der Waals surface area contributed by atoms with Gasteiger partial charge in [0.15, 0.2) is 11.5 Å². The van der Waals surface area contributed by atoms with Crippen LogP contribution >= 0.6 is 11.8 Å². The number of methoxy groups -OCH3 is 2. The fourth-order valence-corrected chi connectivity index (χ4v) is 5.37. The number of nitrogens with zero attached hydrogens (tertiary/aromatic N) is 1. The second kappa shape index (κ2) is 12.4. The highest BCUT2D eigenvalue weighted by atomic mass is 32.2. The Morgan fingerprint density at radius 3 is 2.08 bits per heavy atom. The summed E-state index contributed by atoms with van der Waals surface area (Å²) in [7, 11) is 3.20. The van der Waals surface area contributed by atoms with E-state index in [2.05, 4.69) is 36.4 Å². The van der Waals surface area contributed by atoms with Crippen LogP contribution in [0.1, 0.15) is 15.9 Å². The van der Waals surface area contributed by atoms with Gasteiger partial charge < -0.3 is 14.4 Å². The number of carbonyl (C=O) groups excluding carboxylic acids is 1. The van der Waals surface area contributed by atoms with Crippen molar-refractivity contribution in [2.75, 3.05) is 19.1 Å². The maximum Gasteiger partial charge on any atom is 0.258 e. The van der Waals surface area contributed by atoms with Gasteiger partial charge in [0.2, 0.25) is 0 Å². The van der Waals surface area contributed by atoms with E-state index in [-0.39, 0.29) is 5.91 Å². The van der Waals surface area contributed by atoms with Crippen LogP contribution in [0.5, 0.6) is 11.5 Å². The molecule has 0 atom stereocenters. The van der Waals surface area contributed by atoms with Gasteiger partial charge in [0.05, 0.1) is 20.8 Å². The van der Waals surface area contributed by atoms with E-state index in [1.54, 1.807) is 30.9 Å². The Balaban J connectivity index is 1.55. The van der Waals surface area contributed by atoms with Gasteiger partial charge in [-0.05, 0) is 59.2 Å². The zero-order chi connectivity index (χ0) is 27.0. The number of ether oxygens (including phenoxy) is 2. The number of anilines is 1. The van der Waals surface area contributed by atoms with E-state index >= 15 is 0 Å². The van der Waals surface area contributed by atoms with Gasteiger partial charge in [0, 0.05) is 27.1 Å². The summed E-state index contributed by atoms with van der Waals surface area (Å²) in [6.45, 7) is 0.384. The number of hydrogen-bond acceptors (Lipinski definition) is 4. The Kier molecular flexibility index (Phi) is 8.29. The maximum absolute atomic E-state index is 14.2. The SMILES string of the molecule is COc1ccc(N(Cc2ccccc2-c2ccccc2)C(=O)c2cccc(Sc3ccccc3)c2)cc1OC. The lowest BCUT2D eigenvalue weighted by atomic mass is 9.99. The van der Waals surface area contributed by atoms with E-state index < -0.39 is 0 Å². The molecule has 0 bridgehead atoms. The van der Waals surface area contributed by atoms with E-state index in [0.29, 0.717) is 23.6 Å². The zero-order valence-corrected chi connectivity index (χ0v) is 22.7. The molecule has 0 saturated carbocycles. The molecule has 5 rings (SSSR count). The second-order valence-electron chi connectivity index (χ2n) is 8.90. The fraction of sp³-hybridized carbons (Fsp3) is 0.0882. The smallest absolute Gasteiger partial charge is 0.258 e. The second-order valence-corrected chi connectivity index (χ2v) is 10.0. The van der Waals surface area contributed by atoms with Crippen molar-refractivity contribution in [2.24, 2.45) is 0 Å². The highest BCUT2D eigenvalue weighted by Gasteiger charge is 2.22. The summed E-state index contributed by atoms with van der Waals surface area (Å²) in [5.74, 6) is 1.08. The van der Waals surface area contributed by atoms with E-state index in [1.807, 2.05) is 91.0 Å². The summed E-state index contributed by atoms with van der Waals surface area (Å²) in [5, 5.41) is 0. The largest absolute Gasteiger partial charge is 0.493 e. The molecule has 0 aliphatic rings. The molecule has 4 nitrogen and oxygen atoms in total. The number of carbonyl (C=O) groups is 1. The van der Waals surface area contributed by atoms with Crippen molar-refractivity contribution in [1.29, 1.82) is 0 Å². The molecule has 5 heteroatoms. The molecule has 0 aliphatic heterocycles. The molecule has 0 fully saturated rings. The first kappa shape index (κ1) is 26.1. The van der Waals surface area contributed by atoms with E-state index in [4.69, 9.17) is 9.47 Å². The lowest BCUT2D eigenvalue weighted by molar-refractivity contribution is 0.0985. The zero-order valence-electron chi connectivity index (χ0n) is 21.9. The van der Waals surface area contributed by atoms with Crippen LogP contribution in [0.15, 0.2) is 137 Å². The molecule has 0 N–H and O–H groups in total. The van der Waals surface area contributed by atoms with Crippen molar-refractivity contribution >= 4 is 23.4 Å². The van der Waals surface area contributed by atoms with E-state index in [0.717, 1.165) is 32.2 Å². The number of rotatable bonds is 9. The lowest BCUT2D eigenvalue weighted by Crippen LogP contribution is -2.30. The third-order valence-electron chi connectivity index (χ3n) is 6.41. The minimum Gasteiger partial charge on any atom is -0.493 e. The van der Waals surface area contributed by atoms with Crippen molar-refractivity contribution in [3.8, 4) is 22.6 Å². The van der Waals surface area contributed by atoms with Gasteiger partial charge in [-0.15, -0.1) is 0 Å². The summed E-state index contributed by atoms with van der Waals surface area (Å²) < 4.78 is 11.0. The molecule has 1 amide bonds. The standard InChI is InChI=1S/C34H29NO3S/c1-37-32-21-20-28(23-33(32)38-2)35(24-27-14-9-10-19-31(27)25-12-5-3-6-13-25)34(36)26-15-11-18-30(22-26)39-29-16-7-4-8-17-29/h3-23H,24H2,1-2H3. The van der Waals surface area contributed by atoms with Gasteiger partial charge in [-0.3, -0.25) is 4.79 Å². The summed E-state index contributed by atoms with van der Waals surface area (Å²) in [5.41, 5.74) is 4.57. The molecule has 5 aromatic rings. The Bertz CT molecular complexity index is 1550. The molecule has 5 aromatic carbocycles. The lowest BCUT2D eigenvalue weighted by Gasteiger charge is -2.25. The molecule has 39 heavy (non-hydrogen) atoms. The van der Waals surface area contributed by atoms with Crippen molar-refractivity contribution in [3.63, 3.8) is 0 Å². The van der Waals surface area contributed by atoms with Gasteiger partial charge >= 0.3 is 0 Å². The van der Waals surface area contributed by atoms with Crippen molar-refractivity contribution in [3.05, 3.63) is 139 Å². The van der Waals surface area contributed by atoms with Gasteiger partial charge in [-0.2, -0.15) is 0 Å². The maximum atomic E-state index is 14.2. The topological polar surface area (TPSA) is 38.8 Å². The minimum atomic E-state index is -0.0967. The molecule has 0 heterocycles. The first-order valence-corrected chi connectivity index (χ1v) is 13.5. The van der Waals surface area contributed by atoms with E-state index in [1.165, 1.54) is 0 Å². The Morgan fingerprint density at radius 1 is 0.667 bits per heavy atom. The third kappa shape index (κ3) is 6.16. The van der Waals surface area contributed by atoms with E-state index in [9.17, 15) is 4.79 Å². The average Bonchev–Trinajstić information content (AvgIpc) is 3.00. The van der Waals surface area contributed by atoms with Gasteiger partial charge in [-0.1, -0.05) is 90.6 Å². The molecule has 0 aliphatic carbocycles. The summed E-state index contributed by atoms with van der Waals surface area (Å²) in [4.78, 5) is 18.1. The van der Waals surface area contributed by atoms with Crippen molar-refractivity contribution in [2.45, 2.75) is 16.3 Å². The van der Waals surface area contributed by atoms with Crippen LogP contribution in [0.3, 0.4) is 0 Å². The monoisotopic (exact) mass is 531 g/mol. The van der Waals surface area contributed by atoms with Gasteiger partial charge in [-0.25, -0.2) is 0 Å². The number of hydrogen-bond donors (Lipinski definition) is 0. The molecule has 0 spiro atoms. The number of amides is 1. The highest BCUT2D eigenvalue weighted by Crippen LogP contribution is 2.35. The van der Waals surface area contributed by atoms with Crippen molar-refractivity contribution < 1.29 is 14.3 Å². The fourth-order valence-electron chi connectivity index (χ4n) is 4.47. The van der Waals surface area contributed by atoms with Crippen LogP contribution in [0.2, 0.25) is 0 Å². The van der Waals surface area contributed by atoms with Crippen LogP contribution in [0, 0.1) is 0 Å². The Morgan fingerprint density at radius 2 is 1.33 bits per heavy atom. The molecular weight excluding hydrogens is 502 g/mol. The van der Waals surface area contributed by atoms with Crippen LogP contribution in [-0.4, -0.2) is 20.1 Å². The normalized spacial score (nSPS) is 10.6. The summed E-state index contributed by atoms with van der Waals surface area (Å²) in [6.07, 6.45) is 0. The average molecular weight is 532 g/mol. The number of benzene rings is 5. The molecule has 0 unspecified atom stereocenters. The Labute approximate surface area is 233 Å². The van der Waals surface area contributed by atoms with Crippen molar-refractivity contribution in [1.82, 2.24) is 0 Å². The van der Waals surface area contributed by atoms with Crippen LogP contribution < -0.4 is 14.4 Å². The van der Waals surface area contributed by atoms with Gasteiger partial charge in [0.1, 0.15) is 0 Å². The predicted octanol–water partition coefficient (Wildman–Crippen LogP) is 8.37.